The Kier molecular flexibility index (Phi) is 4.26. The molecule has 1 aromatic carbocycles. The number of aryl methyl sites for hydroxylation is 1. The summed E-state index contributed by atoms with van der Waals surface area (Å²) in [5.41, 5.74) is 2.41. The summed E-state index contributed by atoms with van der Waals surface area (Å²) in [6.45, 7) is 0. The van der Waals surface area contributed by atoms with Crippen LogP contribution in [-0.4, -0.2) is 20.6 Å². The van der Waals surface area contributed by atoms with Gasteiger partial charge in [0.2, 0.25) is 0 Å². The number of carbonyl (C=O) groups is 1. The fourth-order valence-electron chi connectivity index (χ4n) is 2.97. The van der Waals surface area contributed by atoms with E-state index in [-0.39, 0.29) is 29.2 Å². The Labute approximate surface area is 135 Å². The van der Waals surface area contributed by atoms with Crippen molar-refractivity contribution in [2.24, 2.45) is 0 Å². The van der Waals surface area contributed by atoms with Crippen molar-refractivity contribution in [2.75, 3.05) is 6.26 Å². The maximum Gasteiger partial charge on any atom is 0.287 e. The molecule has 0 spiro atoms. The summed E-state index contributed by atoms with van der Waals surface area (Å²) in [7, 11) is -3.18. The minimum atomic E-state index is -3.18. The van der Waals surface area contributed by atoms with E-state index in [9.17, 15) is 13.2 Å². The second-order valence-electron chi connectivity index (χ2n) is 5.95. The lowest BCUT2D eigenvalue weighted by Gasteiger charge is -2.25. The predicted octanol–water partition coefficient (Wildman–Crippen LogP) is 2.63. The summed E-state index contributed by atoms with van der Waals surface area (Å²) in [6, 6.07) is 11.1. The molecular formula is C17H19NO4S. The highest BCUT2D eigenvalue weighted by Gasteiger charge is 2.23. The first-order valence-corrected chi connectivity index (χ1v) is 9.63. The molecule has 0 bridgehead atoms. The smallest absolute Gasteiger partial charge is 0.287 e. The van der Waals surface area contributed by atoms with E-state index in [0.717, 1.165) is 31.1 Å². The number of hydrogen-bond donors (Lipinski definition) is 1. The Hall–Kier alpha value is -2.08. The fraction of sp³-hybridized carbons (Fsp3) is 0.353. The first-order chi connectivity index (χ1) is 10.9. The van der Waals surface area contributed by atoms with Gasteiger partial charge in [0.1, 0.15) is 11.5 Å². The zero-order valence-corrected chi connectivity index (χ0v) is 13.7. The van der Waals surface area contributed by atoms with Crippen molar-refractivity contribution in [1.29, 1.82) is 0 Å². The maximum atomic E-state index is 12.3. The molecule has 1 aliphatic rings. The third-order valence-electron chi connectivity index (χ3n) is 3.96. The van der Waals surface area contributed by atoms with Gasteiger partial charge in [-0.15, -0.1) is 0 Å². The molecule has 0 saturated heterocycles. The molecule has 6 heteroatoms. The van der Waals surface area contributed by atoms with Crippen molar-refractivity contribution in [3.05, 3.63) is 59.0 Å². The summed E-state index contributed by atoms with van der Waals surface area (Å²) in [5.74, 6) is -0.0909. The summed E-state index contributed by atoms with van der Waals surface area (Å²) in [5, 5.41) is 2.99. The Morgan fingerprint density at radius 1 is 1.26 bits per heavy atom. The van der Waals surface area contributed by atoms with Gasteiger partial charge in [-0.05, 0) is 42.5 Å². The van der Waals surface area contributed by atoms with Crippen molar-refractivity contribution < 1.29 is 17.6 Å². The molecule has 1 amide bonds. The molecule has 5 nitrogen and oxygen atoms in total. The highest BCUT2D eigenvalue weighted by atomic mass is 32.2. The third-order valence-corrected chi connectivity index (χ3v) is 4.77. The summed E-state index contributed by atoms with van der Waals surface area (Å²) in [6.07, 6.45) is 4.08. The van der Waals surface area contributed by atoms with Crippen molar-refractivity contribution in [2.45, 2.75) is 31.1 Å². The van der Waals surface area contributed by atoms with Gasteiger partial charge in [-0.3, -0.25) is 4.79 Å². The predicted molar refractivity (Wildman–Crippen MR) is 86.8 cm³/mol. The number of hydrogen-bond acceptors (Lipinski definition) is 4. The molecule has 23 heavy (non-hydrogen) atoms. The number of benzene rings is 1. The van der Waals surface area contributed by atoms with E-state index < -0.39 is 9.84 Å². The molecule has 122 valence electrons. The van der Waals surface area contributed by atoms with E-state index in [2.05, 4.69) is 11.4 Å². The van der Waals surface area contributed by atoms with Gasteiger partial charge < -0.3 is 9.73 Å². The zero-order chi connectivity index (χ0) is 16.4. The van der Waals surface area contributed by atoms with Crippen molar-refractivity contribution >= 4 is 15.7 Å². The average Bonchev–Trinajstić information content (AvgIpc) is 2.94. The van der Waals surface area contributed by atoms with Gasteiger partial charge in [0.15, 0.2) is 15.6 Å². The summed E-state index contributed by atoms with van der Waals surface area (Å²) >= 11 is 0. The van der Waals surface area contributed by atoms with Gasteiger partial charge in [0.25, 0.3) is 5.91 Å². The van der Waals surface area contributed by atoms with Gasteiger partial charge in [-0.2, -0.15) is 0 Å². The highest BCUT2D eigenvalue weighted by Crippen LogP contribution is 2.29. The molecule has 0 radical (unpaired) electrons. The SMILES string of the molecule is CS(=O)(=O)Cc1ccc(C(=O)N[C@@H]2CCCc3ccccc32)o1. The number of nitrogens with one attached hydrogen (secondary N) is 1. The van der Waals surface area contributed by atoms with Crippen molar-refractivity contribution in [3.8, 4) is 0 Å². The number of carbonyl (C=O) groups excluding carboxylic acids is 1. The van der Waals surface area contributed by atoms with Gasteiger partial charge in [0.05, 0.1) is 6.04 Å². The first kappa shape index (κ1) is 15.8. The maximum absolute atomic E-state index is 12.3. The fourth-order valence-corrected chi connectivity index (χ4v) is 3.64. The Morgan fingerprint density at radius 3 is 2.83 bits per heavy atom. The molecule has 1 N–H and O–H groups in total. The van der Waals surface area contributed by atoms with Crippen molar-refractivity contribution in [3.63, 3.8) is 0 Å². The highest BCUT2D eigenvalue weighted by molar-refractivity contribution is 7.89. The average molecular weight is 333 g/mol. The van der Waals surface area contributed by atoms with E-state index in [1.165, 1.54) is 17.7 Å². The standard InChI is InChI=1S/C17H19NO4S/c1-23(20,21)11-13-9-10-16(22-13)17(19)18-15-8-4-6-12-5-2-3-7-14(12)15/h2-3,5,7,9-10,15H,4,6,8,11H2,1H3,(H,18,19)/t15-/m1/s1. The van der Waals surface area contributed by atoms with Crippen LogP contribution >= 0.6 is 0 Å². The lowest BCUT2D eigenvalue weighted by molar-refractivity contribution is 0.0903. The Balaban J connectivity index is 1.73. The second kappa shape index (κ2) is 6.20. The quantitative estimate of drug-likeness (QED) is 0.933. The lowest BCUT2D eigenvalue weighted by Crippen LogP contribution is -2.30. The largest absolute Gasteiger partial charge is 0.455 e. The first-order valence-electron chi connectivity index (χ1n) is 7.57. The molecule has 2 aromatic rings. The van der Waals surface area contributed by atoms with Crippen molar-refractivity contribution in [1.82, 2.24) is 5.32 Å². The van der Waals surface area contributed by atoms with Crippen LogP contribution < -0.4 is 5.32 Å². The lowest BCUT2D eigenvalue weighted by atomic mass is 9.88. The van der Waals surface area contributed by atoms with Crippen LogP contribution in [0.5, 0.6) is 0 Å². The Bertz CT molecular complexity index is 823. The molecule has 3 rings (SSSR count). The van der Waals surface area contributed by atoms with Crippen LogP contribution in [0.4, 0.5) is 0 Å². The number of furan rings is 1. The van der Waals surface area contributed by atoms with E-state index in [4.69, 9.17) is 4.42 Å². The molecule has 0 aliphatic heterocycles. The molecule has 1 aromatic heterocycles. The van der Waals surface area contributed by atoms with Crippen LogP contribution in [-0.2, 0) is 22.0 Å². The third kappa shape index (κ3) is 3.82. The summed E-state index contributed by atoms with van der Waals surface area (Å²) in [4.78, 5) is 12.3. The van der Waals surface area contributed by atoms with Crippen LogP contribution in [0.3, 0.4) is 0 Å². The summed E-state index contributed by atoms with van der Waals surface area (Å²) < 4.78 is 27.9. The molecule has 1 aliphatic carbocycles. The molecule has 0 unspecified atom stereocenters. The minimum absolute atomic E-state index is 0.0316. The van der Waals surface area contributed by atoms with Crippen LogP contribution in [0.15, 0.2) is 40.8 Å². The second-order valence-corrected chi connectivity index (χ2v) is 8.09. The van der Waals surface area contributed by atoms with Gasteiger partial charge >= 0.3 is 0 Å². The van der Waals surface area contributed by atoms with Crippen LogP contribution in [0, 0.1) is 0 Å². The van der Waals surface area contributed by atoms with E-state index in [1.54, 1.807) is 0 Å². The normalized spacial score (nSPS) is 17.5. The topological polar surface area (TPSA) is 76.4 Å². The van der Waals surface area contributed by atoms with Crippen LogP contribution in [0.2, 0.25) is 0 Å². The van der Waals surface area contributed by atoms with E-state index in [0.29, 0.717) is 0 Å². The van der Waals surface area contributed by atoms with Gasteiger partial charge in [0, 0.05) is 6.26 Å². The number of fused-ring (bicyclic) bond motifs is 1. The molecular weight excluding hydrogens is 314 g/mol. The van der Waals surface area contributed by atoms with Gasteiger partial charge in [-0.25, -0.2) is 8.42 Å². The van der Waals surface area contributed by atoms with Crippen LogP contribution in [0.25, 0.3) is 0 Å². The molecule has 0 saturated carbocycles. The molecule has 0 fully saturated rings. The number of amides is 1. The van der Waals surface area contributed by atoms with Gasteiger partial charge in [-0.1, -0.05) is 24.3 Å². The molecule has 1 atom stereocenters. The van der Waals surface area contributed by atoms with E-state index >= 15 is 0 Å². The Morgan fingerprint density at radius 2 is 2.04 bits per heavy atom. The molecule has 1 heterocycles. The number of sulfone groups is 1. The van der Waals surface area contributed by atoms with E-state index in [1.807, 2.05) is 18.2 Å². The monoisotopic (exact) mass is 333 g/mol. The zero-order valence-electron chi connectivity index (χ0n) is 12.9. The van der Waals surface area contributed by atoms with Crippen LogP contribution in [0.1, 0.15) is 46.3 Å². The minimum Gasteiger partial charge on any atom is -0.455 e. The number of rotatable bonds is 4.